The number of nitrogens with zero attached hydrogens (tertiary/aromatic N) is 1. The fourth-order valence-electron chi connectivity index (χ4n) is 2.39. The maximum Gasteiger partial charge on any atom is 0.257 e. The Hall–Kier alpha value is -1.39. The van der Waals surface area contributed by atoms with Gasteiger partial charge in [0.25, 0.3) is 5.91 Å². The van der Waals surface area contributed by atoms with E-state index in [1.807, 2.05) is 0 Å². The normalized spacial score (nSPS) is 17.6. The van der Waals surface area contributed by atoms with E-state index >= 15 is 0 Å². The van der Waals surface area contributed by atoms with Gasteiger partial charge in [-0.15, -0.1) is 11.3 Å². The number of carbonyl (C=O) groups excluding carboxylic acids is 1. The van der Waals surface area contributed by atoms with Gasteiger partial charge in [0.1, 0.15) is 0 Å². The van der Waals surface area contributed by atoms with Crippen LogP contribution in [-0.2, 0) is 12.8 Å². The summed E-state index contributed by atoms with van der Waals surface area (Å²) in [6.45, 7) is 2.26. The topological polar surface area (TPSA) is 42.0 Å². The average Bonchev–Trinajstić information content (AvgIpc) is 2.80. The van der Waals surface area contributed by atoms with Crippen LogP contribution in [0, 0.1) is 5.92 Å². The Bertz CT molecular complexity index is 653. The number of carbonyl (C=O) groups is 1. The van der Waals surface area contributed by atoms with Crippen LogP contribution in [0.3, 0.4) is 0 Å². The third-order valence-corrected chi connectivity index (χ3v) is 4.76. The van der Waals surface area contributed by atoms with Crippen molar-refractivity contribution in [3.8, 4) is 0 Å². The standard InChI is InChI=1S/C15H15ClN2OS/c1-9-5-6-12-13(7-9)20-15(17-12)18-14(19)10-3-2-4-11(16)8-10/h2-4,8-9H,5-7H2,1H3,(H,17,18,19). The molecule has 0 saturated heterocycles. The van der Waals surface area contributed by atoms with Gasteiger partial charge in [-0.1, -0.05) is 24.6 Å². The van der Waals surface area contributed by atoms with Crippen molar-refractivity contribution in [1.82, 2.24) is 4.98 Å². The third-order valence-electron chi connectivity index (χ3n) is 3.49. The maximum absolute atomic E-state index is 12.1. The molecule has 1 aliphatic carbocycles. The van der Waals surface area contributed by atoms with E-state index in [2.05, 4.69) is 17.2 Å². The van der Waals surface area contributed by atoms with E-state index in [9.17, 15) is 4.79 Å². The van der Waals surface area contributed by atoms with Gasteiger partial charge < -0.3 is 0 Å². The molecule has 1 aliphatic rings. The van der Waals surface area contributed by atoms with Gasteiger partial charge in [0, 0.05) is 15.5 Å². The van der Waals surface area contributed by atoms with Crippen molar-refractivity contribution in [2.24, 2.45) is 5.92 Å². The van der Waals surface area contributed by atoms with Crippen LogP contribution in [0.5, 0.6) is 0 Å². The Morgan fingerprint density at radius 3 is 3.15 bits per heavy atom. The molecule has 3 rings (SSSR count). The summed E-state index contributed by atoms with van der Waals surface area (Å²) < 4.78 is 0. The van der Waals surface area contributed by atoms with Gasteiger partial charge in [-0.25, -0.2) is 4.98 Å². The molecule has 1 N–H and O–H groups in total. The smallest absolute Gasteiger partial charge is 0.257 e. The van der Waals surface area contributed by atoms with Crippen molar-refractivity contribution in [2.75, 3.05) is 5.32 Å². The predicted molar refractivity (Wildman–Crippen MR) is 82.7 cm³/mol. The molecule has 1 aromatic carbocycles. The molecule has 2 aromatic rings. The molecule has 5 heteroatoms. The quantitative estimate of drug-likeness (QED) is 0.904. The third kappa shape index (κ3) is 2.86. The molecule has 1 unspecified atom stereocenters. The fourth-order valence-corrected chi connectivity index (χ4v) is 3.75. The lowest BCUT2D eigenvalue weighted by atomic mass is 9.93. The predicted octanol–water partition coefficient (Wildman–Crippen LogP) is 4.17. The first-order valence-corrected chi connectivity index (χ1v) is 7.87. The van der Waals surface area contributed by atoms with Crippen LogP contribution in [-0.4, -0.2) is 10.9 Å². The minimum atomic E-state index is -0.161. The number of thiazole rings is 1. The summed E-state index contributed by atoms with van der Waals surface area (Å²) in [6.07, 6.45) is 3.26. The highest BCUT2D eigenvalue weighted by molar-refractivity contribution is 7.15. The molecule has 1 amide bonds. The number of amides is 1. The molecule has 0 fully saturated rings. The molecular weight excluding hydrogens is 292 g/mol. The summed E-state index contributed by atoms with van der Waals surface area (Å²) in [5.74, 6) is 0.547. The van der Waals surface area contributed by atoms with Crippen LogP contribution in [0.2, 0.25) is 5.02 Å². The highest BCUT2D eigenvalue weighted by atomic mass is 35.5. The fraction of sp³-hybridized carbons (Fsp3) is 0.333. The molecule has 1 heterocycles. The van der Waals surface area contributed by atoms with E-state index in [1.54, 1.807) is 35.6 Å². The van der Waals surface area contributed by atoms with E-state index < -0.39 is 0 Å². The van der Waals surface area contributed by atoms with E-state index in [1.165, 1.54) is 11.3 Å². The largest absolute Gasteiger partial charge is 0.298 e. The number of hydrogen-bond acceptors (Lipinski definition) is 3. The first-order valence-electron chi connectivity index (χ1n) is 6.67. The van der Waals surface area contributed by atoms with Gasteiger partial charge in [-0.3, -0.25) is 10.1 Å². The van der Waals surface area contributed by atoms with Gasteiger partial charge in [0.05, 0.1) is 5.69 Å². The van der Waals surface area contributed by atoms with Crippen molar-refractivity contribution in [3.05, 3.63) is 45.4 Å². The second-order valence-corrected chi connectivity index (χ2v) is 6.72. The average molecular weight is 307 g/mol. The zero-order valence-corrected chi connectivity index (χ0v) is 12.7. The van der Waals surface area contributed by atoms with E-state index in [0.717, 1.165) is 18.5 Å². The Morgan fingerprint density at radius 2 is 2.35 bits per heavy atom. The van der Waals surface area contributed by atoms with Gasteiger partial charge >= 0.3 is 0 Å². The van der Waals surface area contributed by atoms with E-state index in [-0.39, 0.29) is 5.91 Å². The Balaban J connectivity index is 1.77. The van der Waals surface area contributed by atoms with Crippen molar-refractivity contribution in [1.29, 1.82) is 0 Å². The van der Waals surface area contributed by atoms with Crippen LogP contribution in [0.1, 0.15) is 34.3 Å². The molecule has 0 radical (unpaired) electrons. The highest BCUT2D eigenvalue weighted by Crippen LogP contribution is 2.32. The molecular formula is C15H15ClN2OS. The Labute approximate surface area is 127 Å². The van der Waals surface area contributed by atoms with Crippen LogP contribution >= 0.6 is 22.9 Å². The van der Waals surface area contributed by atoms with Crippen molar-refractivity contribution in [3.63, 3.8) is 0 Å². The lowest BCUT2D eigenvalue weighted by Gasteiger charge is -2.15. The summed E-state index contributed by atoms with van der Waals surface area (Å²) in [6, 6.07) is 6.93. The number of benzene rings is 1. The molecule has 0 bridgehead atoms. The highest BCUT2D eigenvalue weighted by Gasteiger charge is 2.20. The number of hydrogen-bond donors (Lipinski definition) is 1. The number of halogens is 1. The summed E-state index contributed by atoms with van der Waals surface area (Å²) >= 11 is 7.49. The summed E-state index contributed by atoms with van der Waals surface area (Å²) in [4.78, 5) is 18.0. The Morgan fingerprint density at radius 1 is 1.50 bits per heavy atom. The van der Waals surface area contributed by atoms with Crippen LogP contribution < -0.4 is 5.32 Å². The summed E-state index contributed by atoms with van der Waals surface area (Å²) in [7, 11) is 0. The van der Waals surface area contributed by atoms with Crippen LogP contribution in [0.4, 0.5) is 5.13 Å². The van der Waals surface area contributed by atoms with E-state index in [4.69, 9.17) is 11.6 Å². The van der Waals surface area contributed by atoms with Crippen LogP contribution in [0.15, 0.2) is 24.3 Å². The molecule has 20 heavy (non-hydrogen) atoms. The molecule has 3 nitrogen and oxygen atoms in total. The second kappa shape index (κ2) is 5.54. The Kier molecular flexibility index (Phi) is 3.76. The second-order valence-electron chi connectivity index (χ2n) is 5.20. The monoisotopic (exact) mass is 306 g/mol. The number of aromatic nitrogens is 1. The van der Waals surface area contributed by atoms with Crippen molar-refractivity contribution < 1.29 is 4.79 Å². The number of aryl methyl sites for hydroxylation is 1. The molecule has 0 saturated carbocycles. The van der Waals surface area contributed by atoms with Crippen molar-refractivity contribution in [2.45, 2.75) is 26.2 Å². The number of fused-ring (bicyclic) bond motifs is 1. The molecule has 1 aromatic heterocycles. The summed E-state index contributed by atoms with van der Waals surface area (Å²) in [5, 5.41) is 4.12. The zero-order valence-electron chi connectivity index (χ0n) is 11.1. The number of nitrogens with one attached hydrogen (secondary N) is 1. The molecule has 0 aliphatic heterocycles. The number of rotatable bonds is 2. The van der Waals surface area contributed by atoms with Crippen LogP contribution in [0.25, 0.3) is 0 Å². The minimum absolute atomic E-state index is 0.161. The first-order chi connectivity index (χ1) is 9.61. The van der Waals surface area contributed by atoms with Crippen molar-refractivity contribution >= 4 is 34.0 Å². The van der Waals surface area contributed by atoms with Gasteiger partial charge in [0.15, 0.2) is 5.13 Å². The SMILES string of the molecule is CC1CCc2nc(NC(=O)c3cccc(Cl)c3)sc2C1. The van der Waals surface area contributed by atoms with Gasteiger partial charge in [0.2, 0.25) is 0 Å². The molecule has 1 atom stereocenters. The lowest BCUT2D eigenvalue weighted by Crippen LogP contribution is -2.11. The lowest BCUT2D eigenvalue weighted by molar-refractivity contribution is 0.102. The number of anilines is 1. The first kappa shape index (κ1) is 13.6. The molecule has 104 valence electrons. The minimum Gasteiger partial charge on any atom is -0.298 e. The zero-order chi connectivity index (χ0) is 14.1. The van der Waals surface area contributed by atoms with Gasteiger partial charge in [-0.2, -0.15) is 0 Å². The molecule has 0 spiro atoms. The maximum atomic E-state index is 12.1. The summed E-state index contributed by atoms with van der Waals surface area (Å²) in [5.41, 5.74) is 1.70. The van der Waals surface area contributed by atoms with E-state index in [0.29, 0.717) is 21.6 Å². The van der Waals surface area contributed by atoms with Gasteiger partial charge in [-0.05, 0) is 43.4 Å².